The number of rotatable bonds is 10. The highest BCUT2D eigenvalue weighted by Gasteiger charge is 2.19. The lowest BCUT2D eigenvalue weighted by Crippen LogP contribution is -2.35. The first kappa shape index (κ1) is 21.2. The van der Waals surface area contributed by atoms with E-state index in [9.17, 15) is 4.79 Å². The highest BCUT2D eigenvalue weighted by atomic mass is 32.1. The number of nitrogens with two attached hydrogens (primary N) is 3. The predicted octanol–water partition coefficient (Wildman–Crippen LogP) is 0.615. The molecule has 0 bridgehead atoms. The Balaban J connectivity index is 1.85. The molecule has 0 radical (unpaired) electrons. The molecule has 0 aliphatic carbocycles. The molecule has 6 N–H and O–H groups in total. The number of carbonyl (C=O) groups is 1. The van der Waals surface area contributed by atoms with Crippen LogP contribution < -0.4 is 21.8 Å². The zero-order chi connectivity index (χ0) is 19.8. The van der Waals surface area contributed by atoms with Crippen LogP contribution in [0, 0.1) is 13.8 Å². The molecule has 0 fully saturated rings. The molecule has 0 unspecified atom stereocenters. The molecule has 8 nitrogen and oxygen atoms in total. The third-order valence-electron chi connectivity index (χ3n) is 4.36. The molecule has 0 spiro atoms. The van der Waals surface area contributed by atoms with E-state index in [1.165, 1.54) is 0 Å². The summed E-state index contributed by atoms with van der Waals surface area (Å²) in [6, 6.07) is -0.574. The molecule has 0 aliphatic heterocycles. The monoisotopic (exact) mass is 393 g/mol. The quantitative estimate of drug-likeness (QED) is 0.306. The largest absolute Gasteiger partial charge is 0.464 e. The van der Waals surface area contributed by atoms with Crippen LogP contribution in [-0.4, -0.2) is 35.1 Å². The van der Waals surface area contributed by atoms with E-state index in [0.717, 1.165) is 29.0 Å². The number of nitrogens with zero attached hydrogens (tertiary/aromatic N) is 3. The van der Waals surface area contributed by atoms with Crippen LogP contribution in [0.2, 0.25) is 0 Å². The Morgan fingerprint density at radius 2 is 2.15 bits per heavy atom. The van der Waals surface area contributed by atoms with Crippen molar-refractivity contribution in [1.29, 1.82) is 0 Å². The lowest BCUT2D eigenvalue weighted by Gasteiger charge is -2.10. The van der Waals surface area contributed by atoms with Gasteiger partial charge in [-0.15, -0.1) is 0 Å². The minimum atomic E-state index is -0.574. The average Bonchev–Trinajstić information content (AvgIpc) is 2.97. The molecule has 0 saturated heterocycles. The molecule has 2 aromatic rings. The summed E-state index contributed by atoms with van der Waals surface area (Å²) >= 11 is 1.63. The van der Waals surface area contributed by atoms with Crippen LogP contribution >= 0.6 is 11.3 Å². The fourth-order valence-electron chi connectivity index (χ4n) is 2.64. The van der Waals surface area contributed by atoms with Gasteiger partial charge in [0, 0.05) is 19.5 Å². The van der Waals surface area contributed by atoms with Crippen LogP contribution in [0.3, 0.4) is 0 Å². The first-order chi connectivity index (χ1) is 12.9. The van der Waals surface area contributed by atoms with Crippen molar-refractivity contribution in [3.8, 4) is 0 Å². The Morgan fingerprint density at radius 1 is 1.37 bits per heavy atom. The van der Waals surface area contributed by atoms with Gasteiger partial charge in [0.2, 0.25) is 5.51 Å². The van der Waals surface area contributed by atoms with Crippen molar-refractivity contribution in [2.45, 2.75) is 52.1 Å². The van der Waals surface area contributed by atoms with Gasteiger partial charge in [0.05, 0.1) is 17.0 Å². The van der Waals surface area contributed by atoms with Gasteiger partial charge >= 0.3 is 5.97 Å². The van der Waals surface area contributed by atoms with Crippen LogP contribution in [0.5, 0.6) is 0 Å². The van der Waals surface area contributed by atoms with Crippen molar-refractivity contribution < 1.29 is 14.1 Å². The van der Waals surface area contributed by atoms with E-state index >= 15 is 0 Å². The Kier molecular flexibility index (Phi) is 8.08. The highest BCUT2D eigenvalue weighted by molar-refractivity contribution is 7.09. The maximum Gasteiger partial charge on any atom is 0.322 e. The molecule has 1 atom stereocenters. The number of anilines is 1. The van der Waals surface area contributed by atoms with E-state index in [4.69, 9.17) is 21.9 Å². The van der Waals surface area contributed by atoms with Gasteiger partial charge in [0.15, 0.2) is 12.2 Å². The minimum Gasteiger partial charge on any atom is -0.464 e. The first-order valence-corrected chi connectivity index (χ1v) is 9.97. The highest BCUT2D eigenvalue weighted by Crippen LogP contribution is 2.14. The van der Waals surface area contributed by atoms with Gasteiger partial charge in [0.25, 0.3) is 0 Å². The van der Waals surface area contributed by atoms with E-state index in [1.807, 2.05) is 19.4 Å². The zero-order valence-corrected chi connectivity index (χ0v) is 16.8. The van der Waals surface area contributed by atoms with Gasteiger partial charge in [-0.05, 0) is 26.3 Å². The fraction of sp³-hybridized carbons (Fsp3) is 0.556. The van der Waals surface area contributed by atoms with Gasteiger partial charge in [-0.25, -0.2) is 9.97 Å². The Hall–Kier alpha value is -2.10. The number of hydrogen-bond donors (Lipinski definition) is 3. The molecule has 0 amide bonds. The summed E-state index contributed by atoms with van der Waals surface area (Å²) < 4.78 is 7.42. The number of nitrogen functional groups attached to an aromatic ring is 1. The zero-order valence-electron chi connectivity index (χ0n) is 16.0. The second-order valence-electron chi connectivity index (χ2n) is 6.50. The van der Waals surface area contributed by atoms with Gasteiger partial charge in [-0.3, -0.25) is 4.79 Å². The van der Waals surface area contributed by atoms with Crippen molar-refractivity contribution in [3.63, 3.8) is 0 Å². The van der Waals surface area contributed by atoms with Gasteiger partial charge in [-0.2, -0.15) is 4.57 Å². The summed E-state index contributed by atoms with van der Waals surface area (Å²) in [5, 5.41) is 0. The van der Waals surface area contributed by atoms with Crippen LogP contribution in [0.1, 0.15) is 41.2 Å². The number of esters is 1. The Labute approximate surface area is 163 Å². The predicted molar refractivity (Wildman–Crippen MR) is 105 cm³/mol. The Bertz CT molecular complexity index is 764. The summed E-state index contributed by atoms with van der Waals surface area (Å²) in [6.45, 7) is 5.39. The third-order valence-corrected chi connectivity index (χ3v) is 5.51. The molecular weight excluding hydrogens is 364 g/mol. The summed E-state index contributed by atoms with van der Waals surface area (Å²) in [5.41, 5.74) is 21.3. The van der Waals surface area contributed by atoms with Crippen LogP contribution in [0.15, 0.2) is 11.7 Å². The number of thiazole rings is 1. The normalized spacial score (nSPS) is 12.1. The van der Waals surface area contributed by atoms with Crippen LogP contribution in [0.4, 0.5) is 5.82 Å². The summed E-state index contributed by atoms with van der Waals surface area (Å²) in [7, 11) is 0. The molecule has 0 saturated carbocycles. The van der Waals surface area contributed by atoms with Crippen molar-refractivity contribution in [2.24, 2.45) is 11.5 Å². The molecular formula is C18H29N6O2S+. The molecule has 27 heavy (non-hydrogen) atoms. The summed E-state index contributed by atoms with van der Waals surface area (Å²) in [5.74, 6) is 0.811. The lowest BCUT2D eigenvalue weighted by atomic mass is 10.1. The van der Waals surface area contributed by atoms with Crippen molar-refractivity contribution in [3.05, 3.63) is 33.7 Å². The topological polar surface area (TPSA) is 134 Å². The van der Waals surface area contributed by atoms with Gasteiger partial charge < -0.3 is 21.9 Å². The fourth-order valence-corrected chi connectivity index (χ4v) is 3.62. The first-order valence-electron chi connectivity index (χ1n) is 9.09. The molecule has 9 heteroatoms. The van der Waals surface area contributed by atoms with Gasteiger partial charge in [-0.1, -0.05) is 17.8 Å². The van der Waals surface area contributed by atoms with E-state index < -0.39 is 6.04 Å². The molecule has 2 aromatic heterocycles. The molecule has 2 rings (SSSR count). The molecule has 148 valence electrons. The molecule has 0 aromatic carbocycles. The number of ether oxygens (including phenoxy) is 1. The van der Waals surface area contributed by atoms with E-state index in [1.54, 1.807) is 17.5 Å². The minimum absolute atomic E-state index is 0.320. The summed E-state index contributed by atoms with van der Waals surface area (Å²) in [4.78, 5) is 21.5. The van der Waals surface area contributed by atoms with Gasteiger partial charge in [0.1, 0.15) is 17.7 Å². The maximum absolute atomic E-state index is 11.9. The lowest BCUT2D eigenvalue weighted by molar-refractivity contribution is -0.689. The molecule has 2 heterocycles. The van der Waals surface area contributed by atoms with E-state index in [-0.39, 0.29) is 5.97 Å². The van der Waals surface area contributed by atoms with Crippen LogP contribution in [0.25, 0.3) is 0 Å². The van der Waals surface area contributed by atoms with Crippen LogP contribution in [-0.2, 0) is 22.5 Å². The number of unbranched alkanes of at least 4 members (excludes halogenated alkanes) is 1. The second kappa shape index (κ2) is 10.3. The second-order valence-corrected chi connectivity index (χ2v) is 7.44. The maximum atomic E-state index is 11.9. The molecule has 0 aliphatic rings. The number of aryl methyl sites for hydroxylation is 1. The van der Waals surface area contributed by atoms with Crippen molar-refractivity contribution in [2.75, 3.05) is 18.9 Å². The standard InChI is InChI=1S/C18H29N6O2S/c1-12-16(6-8-26-18(25)15(20)5-3-4-7-19)27-11-24(12)10-14-9-22-13(2)23-17(14)21/h9,11,15H,3-8,10,19-20H2,1-2H3,(H2,21,22,23)/q+1/t15-/m0/s1. The van der Waals surface area contributed by atoms with Crippen molar-refractivity contribution in [1.82, 2.24) is 9.97 Å². The average molecular weight is 394 g/mol. The Morgan fingerprint density at radius 3 is 2.85 bits per heavy atom. The number of hydrogen-bond acceptors (Lipinski definition) is 8. The third kappa shape index (κ3) is 6.23. The van der Waals surface area contributed by atoms with Crippen molar-refractivity contribution >= 4 is 23.1 Å². The van der Waals surface area contributed by atoms with E-state index in [2.05, 4.69) is 14.5 Å². The number of aromatic nitrogens is 3. The number of carbonyl (C=O) groups excluding carboxylic acids is 1. The van der Waals surface area contributed by atoms with E-state index in [0.29, 0.717) is 44.2 Å². The smallest absolute Gasteiger partial charge is 0.322 e. The SMILES string of the molecule is Cc1ncc(C[n+]2csc(CCOC(=O)[C@@H](N)CCCCN)c2C)c(N)n1. The summed E-state index contributed by atoms with van der Waals surface area (Å²) in [6.07, 6.45) is 4.72.